The average Bonchev–Trinajstić information content (AvgIpc) is 3.73. The van der Waals surface area contributed by atoms with Gasteiger partial charge in [-0.1, -0.05) is 152 Å². The van der Waals surface area contributed by atoms with Gasteiger partial charge in [0.15, 0.2) is 0 Å². The van der Waals surface area contributed by atoms with Crippen LogP contribution in [-0.4, -0.2) is 0 Å². The highest BCUT2D eigenvalue weighted by Gasteiger charge is 2.52. The van der Waals surface area contributed by atoms with Crippen LogP contribution in [0.15, 0.2) is 218 Å². The number of hydrogen-bond acceptors (Lipinski definition) is 2. The first kappa shape index (κ1) is 31.4. The summed E-state index contributed by atoms with van der Waals surface area (Å²) in [5, 5.41) is 2.45. The molecule has 0 radical (unpaired) electrons. The molecule has 1 spiro atoms. The summed E-state index contributed by atoms with van der Waals surface area (Å²) in [7, 11) is 0. The molecule has 1 atom stereocenters. The van der Waals surface area contributed by atoms with E-state index in [2.05, 4.69) is 228 Å². The number of para-hydroxylation sites is 3. The SMILES string of the molecule is c1ccc(N(c2ccccc2)c2ccc3c(c2)C2(c4ccccc4-3)c3ccccc3-c3c(N(c4ccccc4)c4ccc5ccccc5c4)cccc32)cc1. The van der Waals surface area contributed by atoms with Crippen LogP contribution in [-0.2, 0) is 5.41 Å². The second kappa shape index (κ2) is 12.5. The van der Waals surface area contributed by atoms with Crippen molar-refractivity contribution in [2.24, 2.45) is 0 Å². The lowest BCUT2D eigenvalue weighted by molar-refractivity contribution is 0.793. The number of rotatable bonds is 6. The van der Waals surface area contributed by atoms with Crippen molar-refractivity contribution < 1.29 is 0 Å². The van der Waals surface area contributed by atoms with Crippen molar-refractivity contribution in [1.29, 1.82) is 0 Å². The third-order valence-corrected chi connectivity index (χ3v) is 11.6. The Hall–Kier alpha value is -7.16. The second-order valence-electron chi connectivity index (χ2n) is 14.5. The molecule has 0 aliphatic heterocycles. The first-order valence-electron chi connectivity index (χ1n) is 19.0. The van der Waals surface area contributed by atoms with Gasteiger partial charge >= 0.3 is 0 Å². The van der Waals surface area contributed by atoms with Gasteiger partial charge in [0.1, 0.15) is 0 Å². The molecule has 0 amide bonds. The van der Waals surface area contributed by atoms with E-state index in [1.807, 2.05) is 0 Å². The molecule has 2 nitrogen and oxygen atoms in total. The van der Waals surface area contributed by atoms with E-state index in [1.54, 1.807) is 0 Å². The topological polar surface area (TPSA) is 6.48 Å². The van der Waals surface area contributed by atoms with E-state index in [9.17, 15) is 0 Å². The first-order valence-corrected chi connectivity index (χ1v) is 19.0. The zero-order chi connectivity index (χ0) is 36.3. The monoisotopic (exact) mass is 700 g/mol. The van der Waals surface area contributed by atoms with Gasteiger partial charge in [-0.05, 0) is 116 Å². The fourth-order valence-electron chi connectivity index (χ4n) is 9.40. The van der Waals surface area contributed by atoms with E-state index in [0.717, 1.165) is 28.4 Å². The number of hydrogen-bond donors (Lipinski definition) is 0. The molecule has 0 saturated carbocycles. The molecule has 0 fully saturated rings. The minimum absolute atomic E-state index is 0.519. The zero-order valence-electron chi connectivity index (χ0n) is 30.2. The van der Waals surface area contributed by atoms with Crippen LogP contribution >= 0.6 is 0 Å². The van der Waals surface area contributed by atoms with Gasteiger partial charge in [0, 0.05) is 34.0 Å². The van der Waals surface area contributed by atoms with Crippen LogP contribution in [0.25, 0.3) is 33.0 Å². The van der Waals surface area contributed by atoms with Crippen LogP contribution in [0.3, 0.4) is 0 Å². The van der Waals surface area contributed by atoms with Gasteiger partial charge in [-0.3, -0.25) is 0 Å². The molecule has 1 unspecified atom stereocenters. The summed E-state index contributed by atoms with van der Waals surface area (Å²) in [6.45, 7) is 0. The summed E-state index contributed by atoms with van der Waals surface area (Å²) in [4.78, 5) is 4.83. The molecule has 11 rings (SSSR count). The molecule has 2 aliphatic rings. The lowest BCUT2D eigenvalue weighted by Crippen LogP contribution is -2.26. The minimum atomic E-state index is -0.519. The fraction of sp³-hybridized carbons (Fsp3) is 0.0189. The van der Waals surface area contributed by atoms with Crippen molar-refractivity contribution in [3.63, 3.8) is 0 Å². The Morgan fingerprint density at radius 3 is 1.45 bits per heavy atom. The second-order valence-corrected chi connectivity index (χ2v) is 14.5. The van der Waals surface area contributed by atoms with Crippen LogP contribution in [0.4, 0.5) is 34.1 Å². The summed E-state index contributed by atoms with van der Waals surface area (Å²) in [6, 6.07) is 80.0. The number of fused-ring (bicyclic) bond motifs is 11. The van der Waals surface area contributed by atoms with Crippen LogP contribution < -0.4 is 9.80 Å². The third-order valence-electron chi connectivity index (χ3n) is 11.6. The van der Waals surface area contributed by atoms with Gasteiger partial charge in [-0.25, -0.2) is 0 Å². The average molecular weight is 701 g/mol. The highest BCUT2D eigenvalue weighted by atomic mass is 15.1. The summed E-state index contributed by atoms with van der Waals surface area (Å²) >= 11 is 0. The maximum absolute atomic E-state index is 2.46. The molecule has 9 aromatic carbocycles. The highest BCUT2D eigenvalue weighted by Crippen LogP contribution is 2.65. The van der Waals surface area contributed by atoms with Gasteiger partial charge in [-0.15, -0.1) is 0 Å². The van der Waals surface area contributed by atoms with Crippen molar-refractivity contribution in [1.82, 2.24) is 0 Å². The first-order chi connectivity index (χ1) is 27.3. The van der Waals surface area contributed by atoms with Crippen molar-refractivity contribution in [3.05, 3.63) is 241 Å². The molecule has 0 heterocycles. The summed E-state index contributed by atoms with van der Waals surface area (Å²) in [5.74, 6) is 0. The Kier molecular flexibility index (Phi) is 7.11. The molecule has 9 aromatic rings. The summed E-state index contributed by atoms with van der Waals surface area (Å²) < 4.78 is 0. The van der Waals surface area contributed by atoms with Crippen molar-refractivity contribution >= 4 is 44.9 Å². The van der Waals surface area contributed by atoms with E-state index in [-0.39, 0.29) is 0 Å². The molecule has 0 aromatic heterocycles. The van der Waals surface area contributed by atoms with E-state index in [0.29, 0.717) is 0 Å². The number of nitrogens with zero attached hydrogens (tertiary/aromatic N) is 2. The van der Waals surface area contributed by atoms with E-state index >= 15 is 0 Å². The van der Waals surface area contributed by atoms with Gasteiger partial charge in [0.25, 0.3) is 0 Å². The third kappa shape index (κ3) is 4.68. The van der Waals surface area contributed by atoms with Crippen LogP contribution in [0.5, 0.6) is 0 Å². The Morgan fingerprint density at radius 2 is 0.764 bits per heavy atom. The molecular formula is C53H36N2. The van der Waals surface area contributed by atoms with Crippen LogP contribution in [0.2, 0.25) is 0 Å². The smallest absolute Gasteiger partial charge is 0.0727 e. The molecular weight excluding hydrogens is 665 g/mol. The lowest BCUT2D eigenvalue weighted by atomic mass is 9.70. The number of anilines is 6. The van der Waals surface area contributed by atoms with E-state index < -0.39 is 5.41 Å². The molecule has 2 heteroatoms. The molecule has 0 saturated heterocycles. The van der Waals surface area contributed by atoms with E-state index in [4.69, 9.17) is 0 Å². The molecule has 2 aliphatic carbocycles. The maximum atomic E-state index is 2.46. The normalized spacial score (nSPS) is 14.6. The highest BCUT2D eigenvalue weighted by molar-refractivity contribution is 6.02. The van der Waals surface area contributed by atoms with Crippen LogP contribution in [0, 0.1) is 0 Å². The predicted octanol–water partition coefficient (Wildman–Crippen LogP) is 14.1. The van der Waals surface area contributed by atoms with Crippen molar-refractivity contribution in [3.8, 4) is 22.3 Å². The lowest BCUT2D eigenvalue weighted by Gasteiger charge is -2.33. The van der Waals surface area contributed by atoms with Crippen LogP contribution in [0.1, 0.15) is 22.3 Å². The molecule has 55 heavy (non-hydrogen) atoms. The zero-order valence-corrected chi connectivity index (χ0v) is 30.2. The van der Waals surface area contributed by atoms with Gasteiger partial charge in [-0.2, -0.15) is 0 Å². The van der Waals surface area contributed by atoms with E-state index in [1.165, 1.54) is 61.0 Å². The molecule has 0 bridgehead atoms. The maximum Gasteiger partial charge on any atom is 0.0727 e. The quantitative estimate of drug-likeness (QED) is 0.170. The molecule has 258 valence electrons. The Balaban J connectivity index is 1.20. The van der Waals surface area contributed by atoms with Gasteiger partial charge in [0.2, 0.25) is 0 Å². The summed E-state index contributed by atoms with van der Waals surface area (Å²) in [6.07, 6.45) is 0. The predicted molar refractivity (Wildman–Crippen MR) is 230 cm³/mol. The van der Waals surface area contributed by atoms with Gasteiger partial charge in [0.05, 0.1) is 11.1 Å². The Labute approximate surface area is 321 Å². The minimum Gasteiger partial charge on any atom is -0.310 e. The van der Waals surface area contributed by atoms with Crippen molar-refractivity contribution in [2.45, 2.75) is 5.41 Å². The largest absolute Gasteiger partial charge is 0.310 e. The number of benzene rings is 9. The fourth-order valence-corrected chi connectivity index (χ4v) is 9.40. The standard InChI is InChI=1S/C53H36N2/c1-4-19-39(20-5-1)54(40-21-6-2-7-22-40)43-33-34-45-44-25-12-14-27-47(44)53(50(45)36-43)48-28-15-13-26-46(48)52-49(53)29-16-30-51(52)55(41-23-8-3-9-24-41)42-32-31-37-17-10-11-18-38(37)35-42/h1-36H. The van der Waals surface area contributed by atoms with Crippen molar-refractivity contribution in [2.75, 3.05) is 9.80 Å². The Bertz CT molecular complexity index is 2840. The van der Waals surface area contributed by atoms with Gasteiger partial charge < -0.3 is 9.80 Å². The Morgan fingerprint density at radius 1 is 0.273 bits per heavy atom. The molecule has 0 N–H and O–H groups in total. The summed E-state index contributed by atoms with van der Waals surface area (Å²) in [5.41, 5.74) is 16.7.